The van der Waals surface area contributed by atoms with Gasteiger partial charge in [0, 0.05) is 49.3 Å². The summed E-state index contributed by atoms with van der Waals surface area (Å²) < 4.78 is 44.7. The summed E-state index contributed by atoms with van der Waals surface area (Å²) in [7, 11) is 2.14. The van der Waals surface area contributed by atoms with E-state index in [0.717, 1.165) is 38.3 Å². The number of halogens is 4. The van der Waals surface area contributed by atoms with Gasteiger partial charge >= 0.3 is 12.1 Å². The highest BCUT2D eigenvalue weighted by Crippen LogP contribution is 2.29. The molecule has 0 spiro atoms. The fourth-order valence-electron chi connectivity index (χ4n) is 4.53. The van der Waals surface area contributed by atoms with Gasteiger partial charge in [0.1, 0.15) is 11.3 Å². The molecule has 1 fully saturated rings. The second kappa shape index (κ2) is 11.4. The maximum Gasteiger partial charge on any atom is 0.573 e. The molecule has 0 radical (unpaired) electrons. The number of nitrogens with zero attached hydrogens (tertiary/aromatic N) is 5. The SMILES string of the molecule is CN1CCN(Cc2cccc(CNc3ncc4[nH]c(=O)n(Cc5cc(Br)ccc5OC(F)(F)F)c4n3)c2)CC1. The first-order valence-electron chi connectivity index (χ1n) is 12.4. The van der Waals surface area contributed by atoms with E-state index in [4.69, 9.17) is 0 Å². The smallest absolute Gasteiger partial charge is 0.405 e. The topological polar surface area (TPSA) is 91.3 Å². The average molecular weight is 606 g/mol. The first kappa shape index (κ1) is 27.2. The van der Waals surface area contributed by atoms with Crippen LogP contribution >= 0.6 is 15.9 Å². The Morgan fingerprint density at radius 1 is 1.08 bits per heavy atom. The molecule has 0 amide bonds. The number of imidazole rings is 1. The second-order valence-corrected chi connectivity index (χ2v) is 10.4. The van der Waals surface area contributed by atoms with E-state index in [0.29, 0.717) is 22.5 Å². The molecule has 206 valence electrons. The van der Waals surface area contributed by atoms with Crippen LogP contribution in [0.5, 0.6) is 5.75 Å². The molecule has 0 saturated carbocycles. The molecule has 3 heterocycles. The summed E-state index contributed by atoms with van der Waals surface area (Å²) in [5.74, 6) is -0.100. The summed E-state index contributed by atoms with van der Waals surface area (Å²) in [6.45, 7) is 5.35. The van der Waals surface area contributed by atoms with Gasteiger partial charge < -0.3 is 19.9 Å². The van der Waals surface area contributed by atoms with Gasteiger partial charge in [-0.3, -0.25) is 9.47 Å². The van der Waals surface area contributed by atoms with Gasteiger partial charge in [0.15, 0.2) is 5.65 Å². The van der Waals surface area contributed by atoms with Crippen LogP contribution in [0.25, 0.3) is 11.2 Å². The minimum atomic E-state index is -4.87. The molecule has 1 aliphatic heterocycles. The highest BCUT2D eigenvalue weighted by Gasteiger charge is 2.32. The minimum Gasteiger partial charge on any atom is -0.405 e. The zero-order valence-electron chi connectivity index (χ0n) is 21.1. The lowest BCUT2D eigenvalue weighted by molar-refractivity contribution is -0.274. The Bertz CT molecular complexity index is 1510. The predicted octanol–water partition coefficient (Wildman–Crippen LogP) is 4.19. The van der Waals surface area contributed by atoms with Crippen molar-refractivity contribution in [2.24, 2.45) is 0 Å². The Morgan fingerprint density at radius 3 is 2.62 bits per heavy atom. The van der Waals surface area contributed by atoms with E-state index >= 15 is 0 Å². The lowest BCUT2D eigenvalue weighted by Crippen LogP contribution is -2.43. The normalized spacial score (nSPS) is 15.1. The zero-order chi connectivity index (χ0) is 27.6. The van der Waals surface area contributed by atoms with Gasteiger partial charge in [-0.2, -0.15) is 4.98 Å². The van der Waals surface area contributed by atoms with E-state index in [2.05, 4.69) is 69.9 Å². The lowest BCUT2D eigenvalue weighted by Gasteiger charge is -2.32. The van der Waals surface area contributed by atoms with Crippen molar-refractivity contribution >= 4 is 33.0 Å². The van der Waals surface area contributed by atoms with E-state index in [-0.39, 0.29) is 17.8 Å². The molecule has 39 heavy (non-hydrogen) atoms. The molecule has 4 aromatic rings. The molecule has 13 heteroatoms. The number of H-pyrrole nitrogens is 1. The number of anilines is 1. The van der Waals surface area contributed by atoms with Crippen molar-refractivity contribution in [3.63, 3.8) is 0 Å². The first-order chi connectivity index (χ1) is 18.6. The molecule has 1 saturated heterocycles. The van der Waals surface area contributed by atoms with Gasteiger partial charge in [-0.15, -0.1) is 13.2 Å². The van der Waals surface area contributed by atoms with Crippen LogP contribution in [0.4, 0.5) is 19.1 Å². The molecule has 9 nitrogen and oxygen atoms in total. The van der Waals surface area contributed by atoms with E-state index in [1.807, 2.05) is 12.1 Å². The number of hydrogen-bond donors (Lipinski definition) is 2. The highest BCUT2D eigenvalue weighted by molar-refractivity contribution is 9.10. The Morgan fingerprint density at radius 2 is 1.85 bits per heavy atom. The zero-order valence-corrected chi connectivity index (χ0v) is 22.7. The third kappa shape index (κ3) is 6.97. The van der Waals surface area contributed by atoms with Crippen LogP contribution in [0.15, 0.2) is 57.9 Å². The average Bonchev–Trinajstić information content (AvgIpc) is 3.19. The van der Waals surface area contributed by atoms with Crippen molar-refractivity contribution in [1.29, 1.82) is 0 Å². The van der Waals surface area contributed by atoms with Gasteiger partial charge in [0.25, 0.3) is 0 Å². The molecular weight excluding hydrogens is 579 g/mol. The number of likely N-dealkylation sites (N-methyl/N-ethyl adjacent to an activating group) is 1. The number of ether oxygens (including phenoxy) is 1. The Hall–Kier alpha value is -3.42. The summed E-state index contributed by atoms with van der Waals surface area (Å²) in [6.07, 6.45) is -3.39. The summed E-state index contributed by atoms with van der Waals surface area (Å²) in [5, 5.41) is 3.19. The molecule has 2 aromatic carbocycles. The van der Waals surface area contributed by atoms with Crippen molar-refractivity contribution in [1.82, 2.24) is 29.3 Å². The van der Waals surface area contributed by atoms with Crippen LogP contribution < -0.4 is 15.7 Å². The van der Waals surface area contributed by atoms with E-state index in [1.165, 1.54) is 34.5 Å². The number of fused-ring (bicyclic) bond motifs is 1. The van der Waals surface area contributed by atoms with Crippen molar-refractivity contribution < 1.29 is 17.9 Å². The van der Waals surface area contributed by atoms with Crippen LogP contribution in [0.1, 0.15) is 16.7 Å². The first-order valence-corrected chi connectivity index (χ1v) is 13.1. The lowest BCUT2D eigenvalue weighted by atomic mass is 10.1. The Balaban J connectivity index is 1.32. The number of hydrogen-bond acceptors (Lipinski definition) is 7. The third-order valence-corrected chi connectivity index (χ3v) is 7.03. The molecule has 2 aromatic heterocycles. The molecule has 1 aliphatic rings. The summed E-state index contributed by atoms with van der Waals surface area (Å²) in [6, 6.07) is 12.4. The quantitative estimate of drug-likeness (QED) is 0.311. The maximum atomic E-state index is 12.9. The third-order valence-electron chi connectivity index (χ3n) is 6.53. The van der Waals surface area contributed by atoms with Gasteiger partial charge in [-0.1, -0.05) is 40.2 Å². The Kier molecular flexibility index (Phi) is 7.91. The van der Waals surface area contributed by atoms with Gasteiger partial charge in [-0.25, -0.2) is 9.78 Å². The maximum absolute atomic E-state index is 12.9. The largest absolute Gasteiger partial charge is 0.573 e. The molecule has 0 aliphatic carbocycles. The fourth-order valence-corrected chi connectivity index (χ4v) is 4.94. The predicted molar refractivity (Wildman–Crippen MR) is 145 cm³/mol. The molecule has 0 unspecified atom stereocenters. The Labute approximate surface area is 230 Å². The van der Waals surface area contributed by atoms with Crippen LogP contribution in [0.2, 0.25) is 0 Å². The van der Waals surface area contributed by atoms with Crippen LogP contribution in [-0.4, -0.2) is 68.9 Å². The van der Waals surface area contributed by atoms with E-state index in [1.54, 1.807) is 0 Å². The fraction of sp³-hybridized carbons (Fsp3) is 0.346. The summed E-state index contributed by atoms with van der Waals surface area (Å²) in [4.78, 5) is 28.9. The monoisotopic (exact) mass is 605 g/mol. The number of rotatable bonds is 8. The number of alkyl halides is 3. The standard InChI is InChI=1S/C26H27BrF3N7O2/c1-35-7-9-36(10-8-35)15-18-4-2-3-17(11-18)13-31-24-32-14-21-23(34-24)37(25(38)33-21)16-19-12-20(27)5-6-22(19)39-26(28,29)30/h2-6,11-12,14H,7-10,13,15-16H2,1H3,(H,33,38)(H,31,32,34). The van der Waals surface area contributed by atoms with Crippen molar-refractivity contribution in [2.75, 3.05) is 38.5 Å². The molecular formula is C26H27BrF3N7O2. The van der Waals surface area contributed by atoms with Crippen LogP contribution in [0.3, 0.4) is 0 Å². The summed E-state index contributed by atoms with van der Waals surface area (Å²) in [5.41, 5.74) is 2.55. The van der Waals surface area contributed by atoms with E-state index < -0.39 is 17.8 Å². The van der Waals surface area contributed by atoms with Crippen molar-refractivity contribution in [3.8, 4) is 5.75 Å². The number of nitrogens with one attached hydrogen (secondary N) is 2. The van der Waals surface area contributed by atoms with Crippen molar-refractivity contribution in [2.45, 2.75) is 26.0 Å². The van der Waals surface area contributed by atoms with Gasteiger partial charge in [0.2, 0.25) is 5.95 Å². The van der Waals surface area contributed by atoms with Crippen LogP contribution in [-0.2, 0) is 19.6 Å². The number of benzene rings is 2. The molecule has 2 N–H and O–H groups in total. The minimum absolute atomic E-state index is 0.162. The number of aromatic nitrogens is 4. The molecule has 0 atom stereocenters. The molecule has 5 rings (SSSR count). The van der Waals surface area contributed by atoms with Gasteiger partial charge in [0.05, 0.1) is 12.7 Å². The number of aromatic amines is 1. The van der Waals surface area contributed by atoms with Crippen LogP contribution in [0, 0.1) is 0 Å². The second-order valence-electron chi connectivity index (χ2n) is 9.50. The number of piperazine rings is 1. The van der Waals surface area contributed by atoms with Gasteiger partial charge in [-0.05, 0) is 36.4 Å². The summed E-state index contributed by atoms with van der Waals surface area (Å²) >= 11 is 3.27. The highest BCUT2D eigenvalue weighted by atomic mass is 79.9. The van der Waals surface area contributed by atoms with E-state index in [9.17, 15) is 18.0 Å². The van der Waals surface area contributed by atoms with Crippen molar-refractivity contribution in [3.05, 3.63) is 80.3 Å². The molecule has 0 bridgehead atoms.